The molecule has 0 saturated heterocycles. The molecule has 4 nitrogen and oxygen atoms in total. The van der Waals surface area contributed by atoms with Crippen molar-refractivity contribution in [1.29, 1.82) is 0 Å². The number of benzene rings is 2. The van der Waals surface area contributed by atoms with Crippen molar-refractivity contribution in [2.75, 3.05) is 10.7 Å². The van der Waals surface area contributed by atoms with Crippen LogP contribution in [0.2, 0.25) is 0 Å². The molecule has 4 rings (SSSR count). The summed E-state index contributed by atoms with van der Waals surface area (Å²) in [6.45, 7) is 6.80. The Labute approximate surface area is 191 Å². The van der Waals surface area contributed by atoms with Crippen molar-refractivity contribution in [3.63, 3.8) is 0 Å². The van der Waals surface area contributed by atoms with Crippen molar-refractivity contribution >= 4 is 44.4 Å². The summed E-state index contributed by atoms with van der Waals surface area (Å²) in [6, 6.07) is 18.4. The van der Waals surface area contributed by atoms with Gasteiger partial charge in [0.25, 0.3) is 0 Å². The van der Waals surface area contributed by atoms with Crippen LogP contribution in [0.5, 0.6) is 0 Å². The molecule has 0 atom stereocenters. The molecule has 2 heterocycles. The molecule has 1 amide bonds. The van der Waals surface area contributed by atoms with Crippen molar-refractivity contribution < 1.29 is 9.21 Å². The van der Waals surface area contributed by atoms with Gasteiger partial charge in [-0.1, -0.05) is 55.0 Å². The average molecular weight is 451 g/mol. The quantitative estimate of drug-likeness (QED) is 0.270. The fourth-order valence-electron chi connectivity index (χ4n) is 3.39. The SMILES string of the molecule is Cc1ccc(SCCC(=O)N(Cc2ccco2)c2nc3c(C(C)C)cccc3s2)cc1. The first-order chi connectivity index (χ1) is 15.0. The lowest BCUT2D eigenvalue weighted by atomic mass is 10.0. The number of amides is 1. The van der Waals surface area contributed by atoms with Gasteiger partial charge in [0.1, 0.15) is 5.76 Å². The molecule has 0 aliphatic rings. The van der Waals surface area contributed by atoms with Crippen molar-refractivity contribution in [2.24, 2.45) is 0 Å². The van der Waals surface area contributed by atoms with Crippen LogP contribution in [0.15, 0.2) is 70.2 Å². The van der Waals surface area contributed by atoms with Gasteiger partial charge >= 0.3 is 0 Å². The summed E-state index contributed by atoms with van der Waals surface area (Å²) < 4.78 is 6.64. The first kappa shape index (κ1) is 21.7. The zero-order chi connectivity index (χ0) is 21.8. The topological polar surface area (TPSA) is 46.3 Å². The number of hydrogen-bond donors (Lipinski definition) is 0. The molecule has 6 heteroatoms. The normalized spacial score (nSPS) is 11.4. The Kier molecular flexibility index (Phi) is 6.78. The predicted molar refractivity (Wildman–Crippen MR) is 130 cm³/mol. The number of nitrogens with zero attached hydrogens (tertiary/aromatic N) is 2. The maximum atomic E-state index is 13.2. The molecule has 2 aromatic carbocycles. The number of thiazole rings is 1. The van der Waals surface area contributed by atoms with Gasteiger partial charge in [-0.3, -0.25) is 9.69 Å². The summed E-state index contributed by atoms with van der Waals surface area (Å²) in [4.78, 5) is 21.1. The fraction of sp³-hybridized carbons (Fsp3) is 0.280. The van der Waals surface area contributed by atoms with Gasteiger partial charge in [-0.05, 0) is 48.7 Å². The van der Waals surface area contributed by atoms with Crippen molar-refractivity contribution in [1.82, 2.24) is 4.98 Å². The van der Waals surface area contributed by atoms with Gasteiger partial charge in [-0.15, -0.1) is 11.8 Å². The number of fused-ring (bicyclic) bond motifs is 1. The molecule has 4 aromatic rings. The van der Waals surface area contributed by atoms with Gasteiger partial charge < -0.3 is 4.42 Å². The summed E-state index contributed by atoms with van der Waals surface area (Å²) >= 11 is 3.27. The number of carbonyl (C=O) groups excluding carboxylic acids is 1. The number of thioether (sulfide) groups is 1. The minimum absolute atomic E-state index is 0.0566. The van der Waals surface area contributed by atoms with E-state index < -0.39 is 0 Å². The lowest BCUT2D eigenvalue weighted by molar-refractivity contribution is -0.118. The molecule has 0 radical (unpaired) electrons. The van der Waals surface area contributed by atoms with Crippen LogP contribution in [0.4, 0.5) is 5.13 Å². The lowest BCUT2D eigenvalue weighted by Gasteiger charge is -2.18. The van der Waals surface area contributed by atoms with Gasteiger partial charge in [0.05, 0.1) is 23.0 Å². The maximum absolute atomic E-state index is 13.2. The van der Waals surface area contributed by atoms with E-state index in [1.165, 1.54) is 16.0 Å². The maximum Gasteiger partial charge on any atom is 0.230 e. The van der Waals surface area contributed by atoms with Gasteiger partial charge in [0, 0.05) is 17.1 Å². The van der Waals surface area contributed by atoms with Crippen molar-refractivity contribution in [3.05, 3.63) is 77.7 Å². The van der Waals surface area contributed by atoms with E-state index in [1.54, 1.807) is 34.3 Å². The zero-order valence-electron chi connectivity index (χ0n) is 18.0. The Bertz CT molecular complexity index is 1150. The summed E-state index contributed by atoms with van der Waals surface area (Å²) in [5.41, 5.74) is 3.44. The van der Waals surface area contributed by atoms with E-state index in [9.17, 15) is 4.79 Å². The molecule has 0 unspecified atom stereocenters. The Hall–Kier alpha value is -2.57. The van der Waals surface area contributed by atoms with E-state index in [-0.39, 0.29) is 5.91 Å². The lowest BCUT2D eigenvalue weighted by Crippen LogP contribution is -2.30. The zero-order valence-corrected chi connectivity index (χ0v) is 19.6. The second-order valence-corrected chi connectivity index (χ2v) is 9.99. The minimum Gasteiger partial charge on any atom is -0.467 e. The second kappa shape index (κ2) is 9.71. The third-order valence-corrected chi connectivity index (χ3v) is 7.15. The van der Waals surface area contributed by atoms with E-state index >= 15 is 0 Å². The van der Waals surface area contributed by atoms with E-state index in [0.717, 1.165) is 26.9 Å². The molecule has 0 bridgehead atoms. The highest BCUT2D eigenvalue weighted by Gasteiger charge is 2.22. The summed E-state index contributed by atoms with van der Waals surface area (Å²) in [7, 11) is 0. The second-order valence-electron chi connectivity index (χ2n) is 7.82. The average Bonchev–Trinajstić information content (AvgIpc) is 3.42. The minimum atomic E-state index is 0.0566. The molecule has 0 saturated carbocycles. The first-order valence-electron chi connectivity index (χ1n) is 10.4. The number of aromatic nitrogens is 1. The van der Waals surface area contributed by atoms with Crippen LogP contribution in [0.3, 0.4) is 0 Å². The number of anilines is 1. The van der Waals surface area contributed by atoms with Crippen LogP contribution >= 0.6 is 23.1 Å². The Morgan fingerprint density at radius 3 is 2.65 bits per heavy atom. The molecule has 0 N–H and O–H groups in total. The summed E-state index contributed by atoms with van der Waals surface area (Å²) in [5, 5.41) is 0.727. The molecule has 0 spiro atoms. The highest BCUT2D eigenvalue weighted by atomic mass is 32.2. The number of hydrogen-bond acceptors (Lipinski definition) is 5. The predicted octanol–water partition coefficient (Wildman–Crippen LogP) is 7.04. The van der Waals surface area contributed by atoms with E-state index in [1.807, 2.05) is 12.1 Å². The van der Waals surface area contributed by atoms with Crippen LogP contribution in [0.25, 0.3) is 10.2 Å². The molecule has 0 fully saturated rings. The number of para-hydroxylation sites is 1. The number of furan rings is 1. The van der Waals surface area contributed by atoms with Gasteiger partial charge in [-0.2, -0.15) is 0 Å². The number of carbonyl (C=O) groups is 1. The Morgan fingerprint density at radius 1 is 1.13 bits per heavy atom. The largest absolute Gasteiger partial charge is 0.467 e. The third kappa shape index (κ3) is 5.20. The molecule has 2 aromatic heterocycles. The summed E-state index contributed by atoms with van der Waals surface area (Å²) in [6.07, 6.45) is 2.08. The van der Waals surface area contributed by atoms with Gasteiger partial charge in [0.15, 0.2) is 5.13 Å². The molecule has 0 aliphatic carbocycles. The van der Waals surface area contributed by atoms with Crippen LogP contribution in [0, 0.1) is 6.92 Å². The molecular weight excluding hydrogens is 424 g/mol. The van der Waals surface area contributed by atoms with Crippen LogP contribution < -0.4 is 4.90 Å². The third-order valence-electron chi connectivity index (χ3n) is 5.09. The Balaban J connectivity index is 1.55. The van der Waals surface area contributed by atoms with Gasteiger partial charge in [-0.25, -0.2) is 4.98 Å². The van der Waals surface area contributed by atoms with Crippen molar-refractivity contribution in [3.8, 4) is 0 Å². The van der Waals surface area contributed by atoms with Crippen LogP contribution in [-0.2, 0) is 11.3 Å². The fourth-order valence-corrected chi connectivity index (χ4v) is 5.24. The number of rotatable bonds is 8. The highest BCUT2D eigenvalue weighted by molar-refractivity contribution is 7.99. The standard InChI is InChI=1S/C25H26N2O2S2/c1-17(2)21-7-4-8-22-24(21)26-25(31-22)27(16-19-6-5-14-29-19)23(28)13-15-30-20-11-9-18(3)10-12-20/h4-12,14,17H,13,15-16H2,1-3H3. The molecular formula is C25H26N2O2S2. The Morgan fingerprint density at radius 2 is 1.94 bits per heavy atom. The summed E-state index contributed by atoms with van der Waals surface area (Å²) in [5.74, 6) is 1.90. The van der Waals surface area contributed by atoms with E-state index in [2.05, 4.69) is 63.2 Å². The van der Waals surface area contributed by atoms with Gasteiger partial charge in [0.2, 0.25) is 5.91 Å². The van der Waals surface area contributed by atoms with E-state index in [4.69, 9.17) is 9.40 Å². The van der Waals surface area contributed by atoms with Crippen LogP contribution in [-0.4, -0.2) is 16.6 Å². The first-order valence-corrected chi connectivity index (χ1v) is 12.2. The van der Waals surface area contributed by atoms with Crippen molar-refractivity contribution in [2.45, 2.75) is 44.6 Å². The monoisotopic (exact) mass is 450 g/mol. The number of aryl methyl sites for hydroxylation is 1. The van der Waals surface area contributed by atoms with Crippen LogP contribution in [0.1, 0.15) is 43.1 Å². The molecule has 160 valence electrons. The molecule has 31 heavy (non-hydrogen) atoms. The van der Waals surface area contributed by atoms with E-state index in [0.29, 0.717) is 18.9 Å². The smallest absolute Gasteiger partial charge is 0.230 e. The highest BCUT2D eigenvalue weighted by Crippen LogP contribution is 2.34. The molecule has 0 aliphatic heterocycles.